The highest BCUT2D eigenvalue weighted by Crippen LogP contribution is 2.23. The number of carbonyl (C=O) groups excluding carboxylic acids is 1. The Morgan fingerprint density at radius 2 is 2.06 bits per heavy atom. The normalized spacial score (nSPS) is 16.3. The lowest BCUT2D eigenvalue weighted by Crippen LogP contribution is -2.50. The van der Waals surface area contributed by atoms with Gasteiger partial charge in [-0.1, -0.05) is 6.92 Å². The van der Waals surface area contributed by atoms with Crippen molar-refractivity contribution in [3.8, 4) is 0 Å². The minimum atomic E-state index is -1.00. The maximum absolute atomic E-state index is 11.3. The summed E-state index contributed by atoms with van der Waals surface area (Å²) >= 11 is 0. The highest BCUT2D eigenvalue weighted by atomic mass is 16.1. The van der Waals surface area contributed by atoms with Gasteiger partial charge in [-0.05, 0) is 46.1 Å². The first-order valence-electron chi connectivity index (χ1n) is 6.34. The molecule has 0 aliphatic rings. The fourth-order valence-corrected chi connectivity index (χ4v) is 2.44. The van der Waals surface area contributed by atoms with Crippen molar-refractivity contribution in [3.63, 3.8) is 0 Å². The predicted molar refractivity (Wildman–Crippen MR) is 72.2 cm³/mol. The molecule has 1 heterocycles. The molecule has 1 rings (SSSR count). The van der Waals surface area contributed by atoms with E-state index in [9.17, 15) is 4.79 Å². The number of rotatable bonds is 5. The smallest absolute Gasteiger partial charge is 0.237 e. The van der Waals surface area contributed by atoms with Gasteiger partial charge in [0.1, 0.15) is 0 Å². The summed E-state index contributed by atoms with van der Waals surface area (Å²) in [5.74, 6) is -0.480. The fraction of sp³-hybridized carbons (Fsp3) is 0.692. The van der Waals surface area contributed by atoms with Gasteiger partial charge in [-0.15, -0.1) is 0 Å². The third-order valence-corrected chi connectivity index (χ3v) is 3.53. The molecule has 1 aromatic heterocycles. The summed E-state index contributed by atoms with van der Waals surface area (Å²) < 4.78 is 1.95. The zero-order valence-electron chi connectivity index (χ0n) is 11.9. The molecule has 1 amide bonds. The summed E-state index contributed by atoms with van der Waals surface area (Å²) in [6.07, 6.45) is 1.44. The van der Waals surface area contributed by atoms with Crippen molar-refractivity contribution in [1.82, 2.24) is 9.78 Å². The molecular formula is C13H24N4O. The van der Waals surface area contributed by atoms with Crippen LogP contribution in [0, 0.1) is 13.8 Å². The van der Waals surface area contributed by atoms with Crippen molar-refractivity contribution in [2.24, 2.45) is 11.5 Å². The van der Waals surface area contributed by atoms with Crippen molar-refractivity contribution >= 4 is 5.91 Å². The van der Waals surface area contributed by atoms with E-state index < -0.39 is 11.4 Å². The van der Waals surface area contributed by atoms with E-state index >= 15 is 0 Å². The SMILES string of the molecule is CCc1c(C)nn(C(C)CC(C)(N)C(N)=O)c1C. The molecule has 0 aliphatic heterocycles. The summed E-state index contributed by atoms with van der Waals surface area (Å²) in [6.45, 7) is 9.84. The number of nitrogens with zero attached hydrogens (tertiary/aromatic N) is 2. The molecule has 5 nitrogen and oxygen atoms in total. The van der Waals surface area contributed by atoms with Gasteiger partial charge in [-0.3, -0.25) is 9.48 Å². The standard InChI is InChI=1S/C13H24N4O/c1-6-11-9(3)16-17(10(11)4)8(2)7-13(5,15)12(14)18/h8H,6-7,15H2,1-5H3,(H2,14,18). The van der Waals surface area contributed by atoms with Crippen molar-refractivity contribution < 1.29 is 4.79 Å². The molecule has 1 aromatic rings. The second-order valence-electron chi connectivity index (χ2n) is 5.28. The van der Waals surface area contributed by atoms with Crippen LogP contribution in [0.2, 0.25) is 0 Å². The molecule has 0 saturated carbocycles. The van der Waals surface area contributed by atoms with Crippen LogP contribution in [0.3, 0.4) is 0 Å². The molecule has 0 bridgehead atoms. The molecule has 4 N–H and O–H groups in total. The van der Waals surface area contributed by atoms with Gasteiger partial charge in [0.2, 0.25) is 5.91 Å². The quantitative estimate of drug-likeness (QED) is 0.826. The second kappa shape index (κ2) is 5.10. The lowest BCUT2D eigenvalue weighted by molar-refractivity contribution is -0.123. The molecule has 2 atom stereocenters. The molecule has 102 valence electrons. The molecule has 2 unspecified atom stereocenters. The van der Waals surface area contributed by atoms with Gasteiger partial charge in [-0.25, -0.2) is 0 Å². The molecule has 5 heteroatoms. The Morgan fingerprint density at radius 3 is 2.44 bits per heavy atom. The molecule has 0 aliphatic carbocycles. The van der Waals surface area contributed by atoms with Gasteiger partial charge < -0.3 is 11.5 Å². The summed E-state index contributed by atoms with van der Waals surface area (Å²) in [5.41, 5.74) is 13.7. The zero-order valence-corrected chi connectivity index (χ0v) is 11.9. The number of aryl methyl sites for hydroxylation is 1. The van der Waals surface area contributed by atoms with Crippen LogP contribution in [0.5, 0.6) is 0 Å². The van der Waals surface area contributed by atoms with E-state index in [1.165, 1.54) is 5.56 Å². The van der Waals surface area contributed by atoms with Gasteiger partial charge in [-0.2, -0.15) is 5.10 Å². The highest BCUT2D eigenvalue weighted by molar-refractivity contribution is 5.83. The van der Waals surface area contributed by atoms with Crippen molar-refractivity contribution in [1.29, 1.82) is 0 Å². The van der Waals surface area contributed by atoms with E-state index in [2.05, 4.69) is 12.0 Å². The van der Waals surface area contributed by atoms with Gasteiger partial charge in [0.25, 0.3) is 0 Å². The first-order chi connectivity index (χ1) is 8.20. The number of amides is 1. The number of aromatic nitrogens is 2. The number of nitrogens with two attached hydrogens (primary N) is 2. The Kier molecular flexibility index (Phi) is 4.16. The number of carbonyl (C=O) groups is 1. The largest absolute Gasteiger partial charge is 0.368 e. The summed E-state index contributed by atoms with van der Waals surface area (Å²) in [6, 6.07) is 0.0477. The van der Waals surface area contributed by atoms with Crippen LogP contribution in [0.4, 0.5) is 0 Å². The second-order valence-corrected chi connectivity index (χ2v) is 5.28. The van der Waals surface area contributed by atoms with Crippen LogP contribution in [0.25, 0.3) is 0 Å². The summed E-state index contributed by atoms with van der Waals surface area (Å²) in [4.78, 5) is 11.3. The molecule has 0 radical (unpaired) electrons. The molecule has 0 fully saturated rings. The molecule has 0 spiro atoms. The van der Waals surface area contributed by atoms with Crippen molar-refractivity contribution in [2.45, 2.75) is 59.0 Å². The van der Waals surface area contributed by atoms with E-state index in [1.54, 1.807) is 6.92 Å². The van der Waals surface area contributed by atoms with Crippen LogP contribution in [0.1, 0.15) is 50.2 Å². The first kappa shape index (κ1) is 14.7. The predicted octanol–water partition coefficient (Wildman–Crippen LogP) is 1.22. The van der Waals surface area contributed by atoms with Gasteiger partial charge in [0.15, 0.2) is 0 Å². The minimum Gasteiger partial charge on any atom is -0.368 e. The number of primary amides is 1. The monoisotopic (exact) mass is 252 g/mol. The highest BCUT2D eigenvalue weighted by Gasteiger charge is 2.29. The maximum Gasteiger partial charge on any atom is 0.237 e. The van der Waals surface area contributed by atoms with E-state index in [-0.39, 0.29) is 6.04 Å². The van der Waals surface area contributed by atoms with E-state index in [0.29, 0.717) is 6.42 Å². The topological polar surface area (TPSA) is 86.9 Å². The van der Waals surface area contributed by atoms with Crippen LogP contribution in [-0.2, 0) is 11.2 Å². The Labute approximate surface area is 109 Å². The Morgan fingerprint density at radius 1 is 1.50 bits per heavy atom. The molecule has 0 aromatic carbocycles. The maximum atomic E-state index is 11.3. The van der Waals surface area contributed by atoms with Crippen LogP contribution in [-0.4, -0.2) is 21.2 Å². The van der Waals surface area contributed by atoms with Gasteiger partial charge in [0.05, 0.1) is 17.3 Å². The molecular weight excluding hydrogens is 228 g/mol. The molecule has 0 saturated heterocycles. The van der Waals surface area contributed by atoms with Crippen LogP contribution < -0.4 is 11.5 Å². The van der Waals surface area contributed by atoms with E-state index in [0.717, 1.165) is 17.8 Å². The average Bonchev–Trinajstić information content (AvgIpc) is 2.53. The van der Waals surface area contributed by atoms with Crippen LogP contribution in [0.15, 0.2) is 0 Å². The van der Waals surface area contributed by atoms with Crippen molar-refractivity contribution in [2.75, 3.05) is 0 Å². The third kappa shape index (κ3) is 2.72. The fourth-order valence-electron chi connectivity index (χ4n) is 2.44. The number of hydrogen-bond acceptors (Lipinski definition) is 3. The number of hydrogen-bond donors (Lipinski definition) is 2. The van der Waals surface area contributed by atoms with E-state index in [4.69, 9.17) is 11.5 Å². The third-order valence-electron chi connectivity index (χ3n) is 3.53. The Balaban J connectivity index is 2.98. The Hall–Kier alpha value is -1.36. The lowest BCUT2D eigenvalue weighted by atomic mass is 9.94. The average molecular weight is 252 g/mol. The summed E-state index contributed by atoms with van der Waals surface area (Å²) in [7, 11) is 0. The molecule has 18 heavy (non-hydrogen) atoms. The Bertz CT molecular complexity index is 448. The van der Waals surface area contributed by atoms with Gasteiger partial charge >= 0.3 is 0 Å². The summed E-state index contributed by atoms with van der Waals surface area (Å²) in [5, 5.41) is 4.53. The first-order valence-corrected chi connectivity index (χ1v) is 6.34. The van der Waals surface area contributed by atoms with Crippen LogP contribution >= 0.6 is 0 Å². The van der Waals surface area contributed by atoms with E-state index in [1.807, 2.05) is 25.5 Å². The van der Waals surface area contributed by atoms with Crippen molar-refractivity contribution in [3.05, 3.63) is 17.0 Å². The minimum absolute atomic E-state index is 0.0477. The lowest BCUT2D eigenvalue weighted by Gasteiger charge is -2.25. The van der Waals surface area contributed by atoms with Gasteiger partial charge in [0, 0.05) is 5.69 Å². The zero-order chi connectivity index (χ0) is 14.1.